The Labute approximate surface area is 198 Å². The van der Waals surface area contributed by atoms with Gasteiger partial charge in [0.2, 0.25) is 0 Å². The Bertz CT molecular complexity index is 1530. The summed E-state index contributed by atoms with van der Waals surface area (Å²) < 4.78 is 42.0. The smallest absolute Gasteiger partial charge is 0.322 e. The van der Waals surface area contributed by atoms with Crippen molar-refractivity contribution in [3.8, 4) is 16.8 Å². The van der Waals surface area contributed by atoms with Crippen LogP contribution in [0.3, 0.4) is 0 Å². The maximum absolute atomic E-state index is 13.5. The van der Waals surface area contributed by atoms with Gasteiger partial charge >= 0.3 is 6.18 Å². The highest BCUT2D eigenvalue weighted by atomic mass is 19.4. The Morgan fingerprint density at radius 2 is 1.80 bits per heavy atom. The first-order valence-corrected chi connectivity index (χ1v) is 10.8. The normalized spacial score (nSPS) is 11.5. The van der Waals surface area contributed by atoms with Gasteiger partial charge in [0.25, 0.3) is 5.91 Å². The molecule has 2 heterocycles. The largest absolute Gasteiger partial charge is 0.416 e. The Balaban J connectivity index is 1.43. The number of carbonyl (C=O) groups excluding carboxylic acids is 1. The molecule has 0 fully saturated rings. The summed E-state index contributed by atoms with van der Waals surface area (Å²) in [5.41, 5.74) is 2.26. The summed E-state index contributed by atoms with van der Waals surface area (Å²) in [6, 6.07) is 18.3. The number of fused-ring (bicyclic) bond motifs is 1. The number of pyridine rings is 1. The average molecular weight is 472 g/mol. The van der Waals surface area contributed by atoms with Gasteiger partial charge in [-0.1, -0.05) is 30.3 Å². The fourth-order valence-electron chi connectivity index (χ4n) is 3.93. The molecule has 0 radical (unpaired) electrons. The van der Waals surface area contributed by atoms with Gasteiger partial charge in [0.15, 0.2) is 0 Å². The maximum Gasteiger partial charge on any atom is 0.416 e. The van der Waals surface area contributed by atoms with Crippen LogP contribution in [0, 0.1) is 6.92 Å². The number of hydrogen-bond donors (Lipinski definition) is 1. The van der Waals surface area contributed by atoms with Gasteiger partial charge in [-0.25, -0.2) is 4.98 Å². The summed E-state index contributed by atoms with van der Waals surface area (Å²) in [6.45, 7) is 1.73. The van der Waals surface area contributed by atoms with E-state index in [0.717, 1.165) is 34.0 Å². The predicted molar refractivity (Wildman–Crippen MR) is 128 cm³/mol. The van der Waals surface area contributed by atoms with Crippen molar-refractivity contribution in [3.05, 3.63) is 108 Å². The molecule has 0 aliphatic heterocycles. The number of nitrogens with zero attached hydrogens (tertiary/aromatic N) is 3. The lowest BCUT2D eigenvalue weighted by Crippen LogP contribution is -2.15. The van der Waals surface area contributed by atoms with Gasteiger partial charge in [0.1, 0.15) is 0 Å². The number of nitrogens with one attached hydrogen (secondary N) is 1. The second kappa shape index (κ2) is 8.72. The quantitative estimate of drug-likeness (QED) is 0.318. The standard InChI is InChI=1S/C27H19F3N4O/c1-17-15-34(16-32-17)23-12-20(11-21(13-23)27(28,29)30)26(35)33-22-7-5-18(6-8-22)24-4-2-3-19-14-31-10-9-25(19)24/h2-16H,1H3,(H,33,35). The summed E-state index contributed by atoms with van der Waals surface area (Å²) >= 11 is 0. The molecule has 1 N–H and O–H groups in total. The first-order valence-electron chi connectivity index (χ1n) is 10.8. The van der Waals surface area contributed by atoms with E-state index >= 15 is 0 Å². The molecule has 2 aromatic heterocycles. The molecule has 1 amide bonds. The number of benzene rings is 3. The van der Waals surface area contributed by atoms with Crippen LogP contribution in [0.2, 0.25) is 0 Å². The molecular formula is C27H19F3N4O. The SMILES string of the molecule is Cc1cn(-c2cc(C(=O)Nc3ccc(-c4cccc5cnccc45)cc3)cc(C(F)(F)F)c2)cn1. The molecule has 3 aromatic carbocycles. The molecule has 35 heavy (non-hydrogen) atoms. The van der Waals surface area contributed by atoms with Gasteiger partial charge in [0, 0.05) is 40.9 Å². The van der Waals surface area contributed by atoms with Crippen molar-refractivity contribution in [1.82, 2.24) is 14.5 Å². The lowest BCUT2D eigenvalue weighted by molar-refractivity contribution is -0.137. The molecule has 5 nitrogen and oxygen atoms in total. The van der Waals surface area contributed by atoms with E-state index in [1.54, 1.807) is 37.6 Å². The minimum absolute atomic E-state index is 0.105. The van der Waals surface area contributed by atoms with E-state index in [1.807, 2.05) is 36.4 Å². The van der Waals surface area contributed by atoms with E-state index in [1.165, 1.54) is 17.0 Å². The third-order valence-corrected chi connectivity index (χ3v) is 5.65. The molecule has 0 aliphatic rings. The molecule has 0 atom stereocenters. The fourth-order valence-corrected chi connectivity index (χ4v) is 3.93. The van der Waals surface area contributed by atoms with Crippen LogP contribution in [-0.2, 0) is 6.18 Å². The third-order valence-electron chi connectivity index (χ3n) is 5.65. The van der Waals surface area contributed by atoms with E-state index < -0.39 is 17.6 Å². The van der Waals surface area contributed by atoms with Crippen LogP contribution in [0.1, 0.15) is 21.6 Å². The number of anilines is 1. The van der Waals surface area contributed by atoms with Crippen molar-refractivity contribution >= 4 is 22.4 Å². The highest BCUT2D eigenvalue weighted by molar-refractivity contribution is 6.05. The number of aromatic nitrogens is 3. The molecule has 0 bridgehead atoms. The Kier molecular flexibility index (Phi) is 5.56. The first-order chi connectivity index (χ1) is 16.8. The van der Waals surface area contributed by atoms with E-state index in [9.17, 15) is 18.0 Å². The number of rotatable bonds is 4. The minimum atomic E-state index is -4.60. The molecule has 0 saturated carbocycles. The van der Waals surface area contributed by atoms with E-state index in [0.29, 0.717) is 11.4 Å². The maximum atomic E-state index is 13.5. The zero-order valence-corrected chi connectivity index (χ0v) is 18.5. The molecule has 5 aromatic rings. The van der Waals surface area contributed by atoms with Crippen molar-refractivity contribution < 1.29 is 18.0 Å². The summed E-state index contributed by atoms with van der Waals surface area (Å²) in [5, 5.41) is 4.75. The second-order valence-corrected chi connectivity index (χ2v) is 8.12. The lowest BCUT2D eigenvalue weighted by atomic mass is 9.99. The summed E-state index contributed by atoms with van der Waals surface area (Å²) in [7, 11) is 0. The first kappa shape index (κ1) is 22.3. The van der Waals surface area contributed by atoms with Crippen LogP contribution in [0.5, 0.6) is 0 Å². The lowest BCUT2D eigenvalue weighted by Gasteiger charge is -2.13. The highest BCUT2D eigenvalue weighted by Gasteiger charge is 2.32. The molecule has 0 spiro atoms. The zero-order chi connectivity index (χ0) is 24.6. The number of imidazole rings is 1. The van der Waals surface area contributed by atoms with E-state index in [2.05, 4.69) is 15.3 Å². The van der Waals surface area contributed by atoms with Gasteiger partial charge in [-0.15, -0.1) is 0 Å². The summed E-state index contributed by atoms with van der Waals surface area (Å²) in [4.78, 5) is 21.1. The van der Waals surface area contributed by atoms with Gasteiger partial charge in [0.05, 0.1) is 17.6 Å². The Hall–Kier alpha value is -4.46. The number of aryl methyl sites for hydroxylation is 1. The van der Waals surface area contributed by atoms with Gasteiger partial charge in [-0.05, 0) is 59.8 Å². The highest BCUT2D eigenvalue weighted by Crippen LogP contribution is 2.32. The molecule has 0 unspecified atom stereocenters. The van der Waals surface area contributed by atoms with Crippen molar-refractivity contribution in [2.45, 2.75) is 13.1 Å². The number of halogens is 3. The van der Waals surface area contributed by atoms with Crippen molar-refractivity contribution in [3.63, 3.8) is 0 Å². The number of hydrogen-bond acceptors (Lipinski definition) is 3. The van der Waals surface area contributed by atoms with Crippen molar-refractivity contribution in [1.29, 1.82) is 0 Å². The zero-order valence-electron chi connectivity index (χ0n) is 18.5. The summed E-state index contributed by atoms with van der Waals surface area (Å²) in [6.07, 6.45) is 1.93. The van der Waals surface area contributed by atoms with Crippen LogP contribution in [0.4, 0.5) is 18.9 Å². The second-order valence-electron chi connectivity index (χ2n) is 8.12. The van der Waals surface area contributed by atoms with Crippen LogP contribution in [0.15, 0.2) is 91.6 Å². The number of alkyl halides is 3. The van der Waals surface area contributed by atoms with E-state index in [4.69, 9.17) is 0 Å². The van der Waals surface area contributed by atoms with Crippen LogP contribution < -0.4 is 5.32 Å². The molecule has 5 rings (SSSR count). The van der Waals surface area contributed by atoms with E-state index in [-0.39, 0.29) is 11.3 Å². The Morgan fingerprint density at radius 3 is 2.51 bits per heavy atom. The minimum Gasteiger partial charge on any atom is -0.322 e. The van der Waals surface area contributed by atoms with Crippen molar-refractivity contribution in [2.75, 3.05) is 5.32 Å². The molecular weight excluding hydrogens is 453 g/mol. The predicted octanol–water partition coefficient (Wildman–Crippen LogP) is 6.67. The van der Waals surface area contributed by atoms with Crippen LogP contribution in [-0.4, -0.2) is 20.4 Å². The van der Waals surface area contributed by atoms with Gasteiger partial charge < -0.3 is 9.88 Å². The van der Waals surface area contributed by atoms with Crippen LogP contribution in [0.25, 0.3) is 27.6 Å². The summed E-state index contributed by atoms with van der Waals surface area (Å²) in [5.74, 6) is -0.641. The van der Waals surface area contributed by atoms with Gasteiger partial charge in [-0.3, -0.25) is 9.78 Å². The third kappa shape index (κ3) is 4.63. The molecule has 0 saturated heterocycles. The molecule has 174 valence electrons. The topological polar surface area (TPSA) is 59.8 Å². The Morgan fingerprint density at radius 1 is 1.00 bits per heavy atom. The molecule has 0 aliphatic carbocycles. The van der Waals surface area contributed by atoms with Crippen molar-refractivity contribution in [2.24, 2.45) is 0 Å². The molecule has 8 heteroatoms. The number of amides is 1. The number of carbonyl (C=O) groups is 1. The monoisotopic (exact) mass is 472 g/mol. The fraction of sp³-hybridized carbons (Fsp3) is 0.0741. The van der Waals surface area contributed by atoms with Gasteiger partial charge in [-0.2, -0.15) is 13.2 Å². The average Bonchev–Trinajstić information content (AvgIpc) is 3.30. The van der Waals surface area contributed by atoms with Crippen LogP contribution >= 0.6 is 0 Å².